The Morgan fingerprint density at radius 2 is 1.89 bits per heavy atom. The average molecular weight is 383 g/mol. The summed E-state index contributed by atoms with van der Waals surface area (Å²) < 4.78 is 0.978. The molecule has 3 heteroatoms. The molecule has 1 nitrogen and oxygen atoms in total. The highest BCUT2D eigenvalue weighted by Crippen LogP contribution is 2.49. The molecule has 0 radical (unpaired) electrons. The van der Waals surface area contributed by atoms with Crippen LogP contribution in [-0.4, -0.2) is 5.78 Å². The van der Waals surface area contributed by atoms with Crippen molar-refractivity contribution in [2.75, 3.05) is 0 Å². The first-order chi connectivity index (χ1) is 9.16. The Bertz CT molecular complexity index is 624. The van der Waals surface area contributed by atoms with Gasteiger partial charge in [-0.1, -0.05) is 41.9 Å². The van der Waals surface area contributed by atoms with Crippen LogP contribution in [0.3, 0.4) is 0 Å². The minimum Gasteiger partial charge on any atom is -0.294 e. The van der Waals surface area contributed by atoms with Gasteiger partial charge in [0.25, 0.3) is 0 Å². The molecule has 0 aliphatic heterocycles. The van der Waals surface area contributed by atoms with Crippen molar-refractivity contribution in [3.05, 3.63) is 68.3 Å². The zero-order valence-electron chi connectivity index (χ0n) is 10.1. The van der Waals surface area contributed by atoms with Gasteiger partial charge in [0.1, 0.15) is 0 Å². The molecular formula is C16H12ClIO. The molecule has 2 aromatic rings. The molecule has 1 aliphatic rings. The number of ketones is 1. The molecule has 1 saturated carbocycles. The van der Waals surface area contributed by atoms with Crippen molar-refractivity contribution in [2.24, 2.45) is 5.92 Å². The minimum atomic E-state index is 0.120. The lowest BCUT2D eigenvalue weighted by molar-refractivity contribution is 0.0964. The number of Topliss-reactive ketones (excluding diaryl/α,β-unsaturated/α-hetero) is 1. The summed E-state index contributed by atoms with van der Waals surface area (Å²) >= 11 is 8.18. The van der Waals surface area contributed by atoms with Crippen molar-refractivity contribution < 1.29 is 4.79 Å². The summed E-state index contributed by atoms with van der Waals surface area (Å²) in [5, 5.41) is 0.626. The van der Waals surface area contributed by atoms with E-state index in [0.717, 1.165) is 15.6 Å². The third-order valence-electron chi connectivity index (χ3n) is 3.55. The SMILES string of the molecule is O=C(c1cc(Cl)ccc1I)C1CC1c1ccccc1. The Kier molecular flexibility index (Phi) is 3.63. The first kappa shape index (κ1) is 13.1. The first-order valence-corrected chi connectivity index (χ1v) is 7.66. The summed E-state index contributed by atoms with van der Waals surface area (Å²) in [6, 6.07) is 15.8. The second-order valence-electron chi connectivity index (χ2n) is 4.85. The standard InChI is InChI=1S/C16H12ClIO/c17-11-6-7-15(18)14(8-11)16(19)13-9-12(13)10-4-2-1-3-5-10/h1-8,12-13H,9H2. The molecule has 19 heavy (non-hydrogen) atoms. The molecule has 0 bridgehead atoms. The van der Waals surface area contributed by atoms with E-state index in [-0.39, 0.29) is 11.7 Å². The third kappa shape index (κ3) is 2.70. The van der Waals surface area contributed by atoms with Gasteiger partial charge >= 0.3 is 0 Å². The van der Waals surface area contributed by atoms with Crippen LogP contribution in [0.15, 0.2) is 48.5 Å². The van der Waals surface area contributed by atoms with Crippen LogP contribution in [0.2, 0.25) is 5.02 Å². The molecule has 2 aromatic carbocycles. The number of halogens is 2. The molecule has 0 saturated heterocycles. The van der Waals surface area contributed by atoms with Crippen LogP contribution in [-0.2, 0) is 0 Å². The van der Waals surface area contributed by atoms with E-state index < -0.39 is 0 Å². The summed E-state index contributed by atoms with van der Waals surface area (Å²) in [5.74, 6) is 0.721. The van der Waals surface area contributed by atoms with Gasteiger partial charge in [0.2, 0.25) is 0 Å². The fourth-order valence-corrected chi connectivity index (χ4v) is 3.21. The second-order valence-corrected chi connectivity index (χ2v) is 6.45. The lowest BCUT2D eigenvalue weighted by Crippen LogP contribution is -2.05. The van der Waals surface area contributed by atoms with Crippen LogP contribution >= 0.6 is 34.2 Å². The van der Waals surface area contributed by atoms with E-state index in [1.165, 1.54) is 5.56 Å². The molecule has 0 aromatic heterocycles. The van der Waals surface area contributed by atoms with Gasteiger partial charge in [-0.05, 0) is 58.7 Å². The molecule has 0 spiro atoms. The van der Waals surface area contributed by atoms with Crippen LogP contribution in [0.1, 0.15) is 28.3 Å². The Morgan fingerprint density at radius 1 is 1.16 bits per heavy atom. The number of carbonyl (C=O) groups is 1. The van der Waals surface area contributed by atoms with E-state index in [9.17, 15) is 4.79 Å². The lowest BCUT2D eigenvalue weighted by Gasteiger charge is -2.04. The predicted octanol–water partition coefficient (Wildman–Crippen LogP) is 4.93. The minimum absolute atomic E-state index is 0.120. The Hall–Kier alpha value is -0.870. The number of carbonyl (C=O) groups excluding carboxylic acids is 1. The second kappa shape index (κ2) is 5.25. The van der Waals surface area contributed by atoms with E-state index in [1.54, 1.807) is 6.07 Å². The molecule has 0 amide bonds. The van der Waals surface area contributed by atoms with E-state index in [1.807, 2.05) is 30.3 Å². The molecule has 0 N–H and O–H groups in total. The summed E-state index contributed by atoms with van der Waals surface area (Å²) in [7, 11) is 0. The topological polar surface area (TPSA) is 17.1 Å². The summed E-state index contributed by atoms with van der Waals surface area (Å²) in [4.78, 5) is 12.5. The fourth-order valence-electron chi connectivity index (χ4n) is 2.44. The van der Waals surface area contributed by atoms with Crippen LogP contribution in [0, 0.1) is 9.49 Å². The maximum Gasteiger partial charge on any atom is 0.167 e. The van der Waals surface area contributed by atoms with Gasteiger partial charge in [0, 0.05) is 20.1 Å². The van der Waals surface area contributed by atoms with Crippen molar-refractivity contribution in [2.45, 2.75) is 12.3 Å². The maximum absolute atomic E-state index is 12.5. The van der Waals surface area contributed by atoms with E-state index in [2.05, 4.69) is 34.7 Å². The van der Waals surface area contributed by atoms with Gasteiger partial charge in [-0.3, -0.25) is 4.79 Å². The summed E-state index contributed by atoms with van der Waals surface area (Å²) in [6.45, 7) is 0. The van der Waals surface area contributed by atoms with Gasteiger partial charge in [0.05, 0.1) is 0 Å². The van der Waals surface area contributed by atoms with Crippen molar-refractivity contribution in [3.63, 3.8) is 0 Å². The van der Waals surface area contributed by atoms with E-state index in [4.69, 9.17) is 11.6 Å². The zero-order chi connectivity index (χ0) is 13.4. The van der Waals surface area contributed by atoms with Crippen molar-refractivity contribution in [3.8, 4) is 0 Å². The molecule has 0 heterocycles. The normalized spacial score (nSPS) is 21.2. The van der Waals surface area contributed by atoms with Crippen molar-refractivity contribution in [1.82, 2.24) is 0 Å². The molecule has 3 rings (SSSR count). The van der Waals surface area contributed by atoms with E-state index >= 15 is 0 Å². The van der Waals surface area contributed by atoms with Gasteiger partial charge in [-0.2, -0.15) is 0 Å². The van der Waals surface area contributed by atoms with Crippen LogP contribution in [0.25, 0.3) is 0 Å². The monoisotopic (exact) mass is 382 g/mol. The summed E-state index contributed by atoms with van der Waals surface area (Å²) in [5.41, 5.74) is 2.02. The van der Waals surface area contributed by atoms with Crippen LogP contribution in [0.5, 0.6) is 0 Å². The molecule has 2 unspecified atom stereocenters. The lowest BCUT2D eigenvalue weighted by atomic mass is 10.0. The first-order valence-electron chi connectivity index (χ1n) is 6.21. The molecule has 1 aliphatic carbocycles. The Labute approximate surface area is 131 Å². The van der Waals surface area contributed by atoms with Gasteiger partial charge < -0.3 is 0 Å². The largest absolute Gasteiger partial charge is 0.294 e. The van der Waals surface area contributed by atoms with Crippen molar-refractivity contribution >= 4 is 40.0 Å². The predicted molar refractivity (Wildman–Crippen MR) is 85.8 cm³/mol. The number of benzene rings is 2. The maximum atomic E-state index is 12.5. The molecule has 2 atom stereocenters. The third-order valence-corrected chi connectivity index (χ3v) is 4.72. The Morgan fingerprint density at radius 3 is 2.63 bits per heavy atom. The smallest absolute Gasteiger partial charge is 0.167 e. The Balaban J connectivity index is 1.82. The number of rotatable bonds is 3. The quantitative estimate of drug-likeness (QED) is 0.543. The molecular weight excluding hydrogens is 371 g/mol. The number of hydrogen-bond acceptors (Lipinski definition) is 1. The highest BCUT2D eigenvalue weighted by molar-refractivity contribution is 14.1. The average Bonchev–Trinajstić information content (AvgIpc) is 3.22. The highest BCUT2D eigenvalue weighted by Gasteiger charge is 2.44. The van der Waals surface area contributed by atoms with Gasteiger partial charge in [0.15, 0.2) is 5.78 Å². The van der Waals surface area contributed by atoms with Crippen LogP contribution < -0.4 is 0 Å². The van der Waals surface area contributed by atoms with Gasteiger partial charge in [-0.15, -0.1) is 0 Å². The molecule has 1 fully saturated rings. The summed E-state index contributed by atoms with van der Waals surface area (Å²) in [6.07, 6.45) is 0.950. The highest BCUT2D eigenvalue weighted by atomic mass is 127. The van der Waals surface area contributed by atoms with E-state index in [0.29, 0.717) is 10.9 Å². The van der Waals surface area contributed by atoms with Gasteiger partial charge in [-0.25, -0.2) is 0 Å². The zero-order valence-corrected chi connectivity index (χ0v) is 13.1. The van der Waals surface area contributed by atoms with Crippen molar-refractivity contribution in [1.29, 1.82) is 0 Å². The number of hydrogen-bond donors (Lipinski definition) is 0. The molecule has 96 valence electrons. The fraction of sp³-hybridized carbons (Fsp3) is 0.188. The van der Waals surface area contributed by atoms with Crippen LogP contribution in [0.4, 0.5) is 0 Å².